The highest BCUT2D eigenvalue weighted by Crippen LogP contribution is 2.24. The minimum atomic E-state index is -3.46. The number of rotatable bonds is 7. The molecule has 0 aliphatic carbocycles. The fourth-order valence-corrected chi connectivity index (χ4v) is 4.44. The van der Waals surface area contributed by atoms with E-state index in [-0.39, 0.29) is 11.8 Å². The van der Waals surface area contributed by atoms with Crippen molar-refractivity contribution < 1.29 is 17.9 Å². The molecule has 1 saturated heterocycles. The zero-order valence-corrected chi connectivity index (χ0v) is 15.2. The Bertz CT molecular complexity index is 625. The Balaban J connectivity index is 1.90. The van der Waals surface area contributed by atoms with Gasteiger partial charge in [0.1, 0.15) is 0 Å². The molecule has 1 amide bonds. The standard InChI is InChI=1S/C17H26N2O4S/c1-18(11-6-14-23-2)17(20)15-9-12-19(13-10-15)24(21,22)16-7-4-3-5-8-16/h3-5,7-8,15H,6,9-14H2,1-2H3. The number of carbonyl (C=O) groups is 1. The van der Waals surface area contributed by atoms with Gasteiger partial charge in [-0.25, -0.2) is 8.42 Å². The molecule has 1 fully saturated rings. The first-order valence-electron chi connectivity index (χ1n) is 8.26. The number of hydrogen-bond acceptors (Lipinski definition) is 4. The van der Waals surface area contributed by atoms with Crippen molar-refractivity contribution in [2.24, 2.45) is 5.92 Å². The molecule has 0 spiro atoms. The van der Waals surface area contributed by atoms with Crippen LogP contribution in [0.1, 0.15) is 19.3 Å². The number of benzene rings is 1. The van der Waals surface area contributed by atoms with Crippen LogP contribution < -0.4 is 0 Å². The molecule has 2 rings (SSSR count). The second-order valence-electron chi connectivity index (χ2n) is 6.10. The molecule has 24 heavy (non-hydrogen) atoms. The number of hydrogen-bond donors (Lipinski definition) is 0. The smallest absolute Gasteiger partial charge is 0.243 e. The van der Waals surface area contributed by atoms with Crippen LogP contribution >= 0.6 is 0 Å². The van der Waals surface area contributed by atoms with Crippen LogP contribution in [-0.2, 0) is 19.6 Å². The van der Waals surface area contributed by atoms with Crippen LogP contribution in [0.2, 0.25) is 0 Å². The number of carbonyl (C=O) groups excluding carboxylic acids is 1. The molecule has 1 aliphatic rings. The van der Waals surface area contributed by atoms with Crippen molar-refractivity contribution in [1.82, 2.24) is 9.21 Å². The molecular formula is C17H26N2O4S. The summed E-state index contributed by atoms with van der Waals surface area (Å²) in [6.45, 7) is 2.07. The van der Waals surface area contributed by atoms with Gasteiger partial charge in [0.2, 0.25) is 15.9 Å². The Hall–Kier alpha value is -1.44. The fraction of sp³-hybridized carbons (Fsp3) is 0.588. The highest BCUT2D eigenvalue weighted by atomic mass is 32.2. The first kappa shape index (κ1) is 18.9. The van der Waals surface area contributed by atoms with E-state index >= 15 is 0 Å². The Morgan fingerprint density at radius 3 is 2.46 bits per heavy atom. The van der Waals surface area contributed by atoms with Crippen molar-refractivity contribution in [1.29, 1.82) is 0 Å². The van der Waals surface area contributed by atoms with Gasteiger partial charge in [-0.3, -0.25) is 4.79 Å². The lowest BCUT2D eigenvalue weighted by Crippen LogP contribution is -2.43. The molecule has 1 heterocycles. The largest absolute Gasteiger partial charge is 0.385 e. The highest BCUT2D eigenvalue weighted by Gasteiger charge is 2.32. The maximum Gasteiger partial charge on any atom is 0.243 e. The van der Waals surface area contributed by atoms with Crippen LogP contribution in [0.5, 0.6) is 0 Å². The average Bonchev–Trinajstić information content (AvgIpc) is 2.62. The predicted molar refractivity (Wildman–Crippen MR) is 92.1 cm³/mol. The number of ether oxygens (including phenoxy) is 1. The van der Waals surface area contributed by atoms with Crippen molar-refractivity contribution in [3.63, 3.8) is 0 Å². The van der Waals surface area contributed by atoms with E-state index in [9.17, 15) is 13.2 Å². The quantitative estimate of drug-likeness (QED) is 0.697. The predicted octanol–water partition coefficient (Wildman–Crippen LogP) is 1.58. The normalized spacial score (nSPS) is 16.9. The van der Waals surface area contributed by atoms with Gasteiger partial charge in [-0.05, 0) is 31.4 Å². The van der Waals surface area contributed by atoms with E-state index in [1.807, 2.05) is 0 Å². The van der Waals surface area contributed by atoms with Crippen molar-refractivity contribution in [2.75, 3.05) is 40.4 Å². The number of sulfonamides is 1. The number of amides is 1. The molecule has 1 aromatic carbocycles. The van der Waals surface area contributed by atoms with E-state index in [0.717, 1.165) is 6.42 Å². The summed E-state index contributed by atoms with van der Waals surface area (Å²) in [4.78, 5) is 14.5. The van der Waals surface area contributed by atoms with Gasteiger partial charge in [0.15, 0.2) is 0 Å². The summed E-state index contributed by atoms with van der Waals surface area (Å²) < 4.78 is 31.7. The minimum Gasteiger partial charge on any atom is -0.385 e. The molecule has 7 heteroatoms. The second-order valence-corrected chi connectivity index (χ2v) is 8.04. The van der Waals surface area contributed by atoms with Crippen LogP contribution in [0, 0.1) is 5.92 Å². The molecular weight excluding hydrogens is 328 g/mol. The highest BCUT2D eigenvalue weighted by molar-refractivity contribution is 7.89. The van der Waals surface area contributed by atoms with Gasteiger partial charge in [0.25, 0.3) is 0 Å². The van der Waals surface area contributed by atoms with Crippen molar-refractivity contribution in [2.45, 2.75) is 24.2 Å². The SMILES string of the molecule is COCCCN(C)C(=O)C1CCN(S(=O)(=O)c2ccccc2)CC1. The first-order chi connectivity index (χ1) is 11.5. The first-order valence-corrected chi connectivity index (χ1v) is 9.70. The van der Waals surface area contributed by atoms with E-state index < -0.39 is 10.0 Å². The molecule has 0 saturated carbocycles. The lowest BCUT2D eigenvalue weighted by molar-refractivity contribution is -0.135. The van der Waals surface area contributed by atoms with E-state index in [1.165, 1.54) is 4.31 Å². The topological polar surface area (TPSA) is 66.9 Å². The zero-order valence-electron chi connectivity index (χ0n) is 14.3. The molecule has 1 aliphatic heterocycles. The zero-order chi connectivity index (χ0) is 17.6. The third kappa shape index (κ3) is 4.55. The van der Waals surface area contributed by atoms with Crippen LogP contribution in [0.25, 0.3) is 0 Å². The van der Waals surface area contributed by atoms with Gasteiger partial charge in [-0.2, -0.15) is 4.31 Å². The summed E-state index contributed by atoms with van der Waals surface area (Å²) >= 11 is 0. The van der Waals surface area contributed by atoms with Crippen molar-refractivity contribution in [3.8, 4) is 0 Å². The van der Waals surface area contributed by atoms with E-state index in [2.05, 4.69) is 0 Å². The molecule has 0 bridgehead atoms. The summed E-state index contributed by atoms with van der Waals surface area (Å²) in [6.07, 6.45) is 1.94. The maximum atomic E-state index is 12.6. The lowest BCUT2D eigenvalue weighted by atomic mass is 9.96. The van der Waals surface area contributed by atoms with E-state index in [1.54, 1.807) is 49.4 Å². The van der Waals surface area contributed by atoms with Gasteiger partial charge < -0.3 is 9.64 Å². The molecule has 0 atom stereocenters. The number of methoxy groups -OCH3 is 1. The van der Waals surface area contributed by atoms with Crippen molar-refractivity contribution in [3.05, 3.63) is 30.3 Å². The number of piperidine rings is 1. The van der Waals surface area contributed by atoms with Gasteiger partial charge in [-0.1, -0.05) is 18.2 Å². The van der Waals surface area contributed by atoms with Gasteiger partial charge in [-0.15, -0.1) is 0 Å². The summed E-state index contributed by atoms with van der Waals surface area (Å²) in [5.74, 6) is 0.00244. The van der Waals surface area contributed by atoms with Gasteiger partial charge in [0.05, 0.1) is 4.90 Å². The monoisotopic (exact) mass is 354 g/mol. The third-order valence-electron chi connectivity index (χ3n) is 4.40. The van der Waals surface area contributed by atoms with Crippen LogP contribution in [0.3, 0.4) is 0 Å². The number of nitrogens with zero attached hydrogens (tertiary/aromatic N) is 2. The average molecular weight is 354 g/mol. The summed E-state index contributed by atoms with van der Waals surface area (Å²) in [6, 6.07) is 8.45. The lowest BCUT2D eigenvalue weighted by Gasteiger charge is -2.32. The molecule has 0 radical (unpaired) electrons. The van der Waals surface area contributed by atoms with Crippen molar-refractivity contribution >= 4 is 15.9 Å². The van der Waals surface area contributed by atoms with Crippen LogP contribution in [0.4, 0.5) is 0 Å². The Morgan fingerprint density at radius 1 is 1.25 bits per heavy atom. The maximum absolute atomic E-state index is 12.6. The third-order valence-corrected chi connectivity index (χ3v) is 6.32. The van der Waals surface area contributed by atoms with Crippen LogP contribution in [-0.4, -0.2) is 63.9 Å². The molecule has 0 aromatic heterocycles. The molecule has 134 valence electrons. The Kier molecular flexibility index (Phi) is 6.77. The Labute approximate surface area is 144 Å². The molecule has 6 nitrogen and oxygen atoms in total. The minimum absolute atomic E-state index is 0.0974. The summed E-state index contributed by atoms with van der Waals surface area (Å²) in [5, 5.41) is 0. The van der Waals surface area contributed by atoms with Gasteiger partial charge in [0, 0.05) is 46.3 Å². The second kappa shape index (κ2) is 8.60. The van der Waals surface area contributed by atoms with Crippen LogP contribution in [0.15, 0.2) is 35.2 Å². The Morgan fingerprint density at radius 2 is 1.88 bits per heavy atom. The fourth-order valence-electron chi connectivity index (χ4n) is 2.95. The molecule has 0 N–H and O–H groups in total. The van der Waals surface area contributed by atoms with Gasteiger partial charge >= 0.3 is 0 Å². The van der Waals surface area contributed by atoms with E-state index in [4.69, 9.17) is 4.74 Å². The molecule has 1 aromatic rings. The molecule has 0 unspecified atom stereocenters. The summed E-state index contributed by atoms with van der Waals surface area (Å²) in [7, 11) is -0.0168. The summed E-state index contributed by atoms with van der Waals surface area (Å²) in [5.41, 5.74) is 0. The van der Waals surface area contributed by atoms with E-state index in [0.29, 0.717) is 44.0 Å².